The first kappa shape index (κ1) is 11.3. The lowest BCUT2D eigenvalue weighted by Crippen LogP contribution is -1.97. The van der Waals surface area contributed by atoms with Crippen LogP contribution in [0.3, 0.4) is 0 Å². The van der Waals surface area contributed by atoms with E-state index in [0.717, 1.165) is 0 Å². The number of carbonyl (C=O) groups excluding carboxylic acids is 1. The molecule has 3 heteroatoms. The summed E-state index contributed by atoms with van der Waals surface area (Å²) in [5.74, 6) is 0.246. The number of ketones is 1. The van der Waals surface area contributed by atoms with Crippen molar-refractivity contribution in [2.24, 2.45) is 0 Å². The van der Waals surface area contributed by atoms with Crippen molar-refractivity contribution in [3.8, 4) is 11.5 Å². The molecule has 0 heterocycles. The van der Waals surface area contributed by atoms with E-state index in [9.17, 15) is 9.18 Å². The van der Waals surface area contributed by atoms with Gasteiger partial charge in [-0.05, 0) is 37.3 Å². The number of benzene rings is 2. The molecule has 0 aliphatic rings. The maximum absolute atomic E-state index is 13.3. The molecule has 0 fully saturated rings. The standard InChI is InChI=1S/C14H11FO2/c1-10(16)13-9-12(7-8-14(13)15)17-11-5-3-2-4-6-11/h2-9H,1H3. The molecule has 2 nitrogen and oxygen atoms in total. The first-order valence-corrected chi connectivity index (χ1v) is 5.20. The van der Waals surface area contributed by atoms with Crippen molar-refractivity contribution in [3.05, 3.63) is 59.9 Å². The zero-order chi connectivity index (χ0) is 12.3. The third-order valence-electron chi connectivity index (χ3n) is 2.30. The van der Waals surface area contributed by atoms with Crippen molar-refractivity contribution >= 4 is 5.78 Å². The molecule has 0 N–H and O–H groups in total. The molecule has 0 bridgehead atoms. The molecule has 17 heavy (non-hydrogen) atoms. The van der Waals surface area contributed by atoms with Crippen LogP contribution in [0.2, 0.25) is 0 Å². The van der Waals surface area contributed by atoms with Crippen LogP contribution in [-0.2, 0) is 0 Å². The third-order valence-corrected chi connectivity index (χ3v) is 2.30. The number of hydrogen-bond acceptors (Lipinski definition) is 2. The highest BCUT2D eigenvalue weighted by Crippen LogP contribution is 2.23. The van der Waals surface area contributed by atoms with E-state index in [1.807, 2.05) is 18.2 Å². The fraction of sp³-hybridized carbons (Fsp3) is 0.0714. The van der Waals surface area contributed by atoms with Gasteiger partial charge in [-0.2, -0.15) is 0 Å². The lowest BCUT2D eigenvalue weighted by atomic mass is 10.1. The van der Waals surface area contributed by atoms with Gasteiger partial charge in [0.1, 0.15) is 17.3 Å². The molecule has 86 valence electrons. The Balaban J connectivity index is 2.29. The van der Waals surface area contributed by atoms with Gasteiger partial charge in [0.05, 0.1) is 5.56 Å². The van der Waals surface area contributed by atoms with Gasteiger partial charge in [0.25, 0.3) is 0 Å². The Morgan fingerprint density at radius 1 is 1.06 bits per heavy atom. The molecular formula is C14H11FO2. The molecule has 0 unspecified atom stereocenters. The van der Waals surface area contributed by atoms with Crippen molar-refractivity contribution in [2.45, 2.75) is 6.92 Å². The summed E-state index contributed by atoms with van der Waals surface area (Å²) in [6.45, 7) is 1.32. The Morgan fingerprint density at radius 3 is 2.41 bits per heavy atom. The van der Waals surface area contributed by atoms with Gasteiger partial charge in [0.15, 0.2) is 5.78 Å². The Bertz CT molecular complexity index is 535. The highest BCUT2D eigenvalue weighted by molar-refractivity contribution is 5.94. The van der Waals surface area contributed by atoms with Crippen LogP contribution in [0.4, 0.5) is 4.39 Å². The number of Topliss-reactive ketones (excluding diaryl/α,β-unsaturated/α-hetero) is 1. The van der Waals surface area contributed by atoms with Crippen LogP contribution in [0.25, 0.3) is 0 Å². The minimum atomic E-state index is -0.530. The van der Waals surface area contributed by atoms with E-state index >= 15 is 0 Å². The first-order valence-electron chi connectivity index (χ1n) is 5.20. The van der Waals surface area contributed by atoms with Crippen molar-refractivity contribution in [2.75, 3.05) is 0 Å². The lowest BCUT2D eigenvalue weighted by molar-refractivity contribution is 0.101. The van der Waals surface area contributed by atoms with Crippen molar-refractivity contribution in [1.82, 2.24) is 0 Å². The predicted molar refractivity (Wildman–Crippen MR) is 62.9 cm³/mol. The molecule has 2 aromatic rings. The normalized spacial score (nSPS) is 10.0. The Kier molecular flexibility index (Phi) is 3.19. The molecule has 0 aliphatic carbocycles. The molecule has 0 amide bonds. The molecule has 2 rings (SSSR count). The minimum absolute atomic E-state index is 0.0402. The summed E-state index contributed by atoms with van der Waals surface area (Å²) in [7, 11) is 0. The van der Waals surface area contributed by atoms with Gasteiger partial charge in [-0.3, -0.25) is 4.79 Å². The lowest BCUT2D eigenvalue weighted by Gasteiger charge is -2.07. The SMILES string of the molecule is CC(=O)c1cc(Oc2ccccc2)ccc1F. The molecule has 0 saturated heterocycles. The van der Waals surface area contributed by atoms with Gasteiger partial charge < -0.3 is 4.74 Å². The van der Waals surface area contributed by atoms with E-state index < -0.39 is 5.82 Å². The first-order chi connectivity index (χ1) is 8.16. The summed E-state index contributed by atoms with van der Waals surface area (Å²) >= 11 is 0. The second-order valence-corrected chi connectivity index (χ2v) is 3.61. The molecule has 0 radical (unpaired) electrons. The van der Waals surface area contributed by atoms with Crippen LogP contribution >= 0.6 is 0 Å². The van der Waals surface area contributed by atoms with Gasteiger partial charge in [-0.1, -0.05) is 18.2 Å². The summed E-state index contributed by atoms with van der Waals surface area (Å²) in [6, 6.07) is 13.3. The molecule has 0 spiro atoms. The van der Waals surface area contributed by atoms with Gasteiger partial charge in [0.2, 0.25) is 0 Å². The Morgan fingerprint density at radius 2 is 1.76 bits per heavy atom. The third kappa shape index (κ3) is 2.69. The van der Waals surface area contributed by atoms with Crippen LogP contribution in [0.1, 0.15) is 17.3 Å². The number of carbonyl (C=O) groups is 1. The number of ether oxygens (including phenoxy) is 1. The van der Waals surface area contributed by atoms with Crippen LogP contribution < -0.4 is 4.74 Å². The topological polar surface area (TPSA) is 26.3 Å². The number of rotatable bonds is 3. The monoisotopic (exact) mass is 230 g/mol. The molecule has 0 aliphatic heterocycles. The quantitative estimate of drug-likeness (QED) is 0.749. The van der Waals surface area contributed by atoms with E-state index in [4.69, 9.17) is 4.74 Å². The molecule has 0 aromatic heterocycles. The number of hydrogen-bond donors (Lipinski definition) is 0. The largest absolute Gasteiger partial charge is 0.457 e. The minimum Gasteiger partial charge on any atom is -0.457 e. The second kappa shape index (κ2) is 4.78. The Labute approximate surface area is 98.7 Å². The van der Waals surface area contributed by atoms with Crippen molar-refractivity contribution in [1.29, 1.82) is 0 Å². The summed E-state index contributed by atoms with van der Waals surface area (Å²) in [5, 5.41) is 0. The zero-order valence-corrected chi connectivity index (χ0v) is 9.31. The molecule has 2 aromatic carbocycles. The van der Waals surface area contributed by atoms with E-state index in [1.165, 1.54) is 25.1 Å². The fourth-order valence-corrected chi connectivity index (χ4v) is 1.46. The zero-order valence-electron chi connectivity index (χ0n) is 9.31. The maximum Gasteiger partial charge on any atom is 0.162 e. The maximum atomic E-state index is 13.3. The molecule has 0 saturated carbocycles. The van der Waals surface area contributed by atoms with Crippen molar-refractivity contribution in [3.63, 3.8) is 0 Å². The predicted octanol–water partition coefficient (Wildman–Crippen LogP) is 3.82. The smallest absolute Gasteiger partial charge is 0.162 e. The highest BCUT2D eigenvalue weighted by atomic mass is 19.1. The van der Waals surface area contributed by atoms with Crippen LogP contribution in [0, 0.1) is 5.82 Å². The number of halogens is 1. The van der Waals surface area contributed by atoms with E-state index in [0.29, 0.717) is 11.5 Å². The fourth-order valence-electron chi connectivity index (χ4n) is 1.46. The summed E-state index contributed by atoms with van der Waals surface area (Å²) in [4.78, 5) is 11.2. The van der Waals surface area contributed by atoms with Crippen LogP contribution in [-0.4, -0.2) is 5.78 Å². The van der Waals surface area contributed by atoms with Gasteiger partial charge in [-0.15, -0.1) is 0 Å². The molecule has 0 atom stereocenters. The van der Waals surface area contributed by atoms with Gasteiger partial charge >= 0.3 is 0 Å². The average molecular weight is 230 g/mol. The van der Waals surface area contributed by atoms with Gasteiger partial charge in [-0.25, -0.2) is 4.39 Å². The summed E-state index contributed by atoms with van der Waals surface area (Å²) in [5.41, 5.74) is 0.0402. The van der Waals surface area contributed by atoms with Crippen molar-refractivity contribution < 1.29 is 13.9 Å². The van der Waals surface area contributed by atoms with E-state index in [1.54, 1.807) is 12.1 Å². The molecular weight excluding hydrogens is 219 g/mol. The van der Waals surface area contributed by atoms with Crippen LogP contribution in [0.15, 0.2) is 48.5 Å². The van der Waals surface area contributed by atoms with Crippen LogP contribution in [0.5, 0.6) is 11.5 Å². The van der Waals surface area contributed by atoms with Gasteiger partial charge in [0, 0.05) is 0 Å². The number of para-hydroxylation sites is 1. The second-order valence-electron chi connectivity index (χ2n) is 3.61. The highest BCUT2D eigenvalue weighted by Gasteiger charge is 2.08. The summed E-state index contributed by atoms with van der Waals surface area (Å²) in [6.07, 6.45) is 0. The Hall–Kier alpha value is -2.16. The average Bonchev–Trinajstić information content (AvgIpc) is 2.32. The van der Waals surface area contributed by atoms with E-state index in [-0.39, 0.29) is 11.3 Å². The summed E-state index contributed by atoms with van der Waals surface area (Å²) < 4.78 is 18.8. The van der Waals surface area contributed by atoms with E-state index in [2.05, 4.69) is 0 Å².